The summed E-state index contributed by atoms with van der Waals surface area (Å²) in [5.74, 6) is 0.982. The molecule has 0 aromatic carbocycles. The average molecular weight is 346 g/mol. The highest BCUT2D eigenvalue weighted by atomic mass is 16.5. The number of carbonyl (C=O) groups is 1. The molecule has 0 saturated carbocycles. The van der Waals surface area contributed by atoms with Crippen LogP contribution >= 0.6 is 0 Å². The molecule has 0 aliphatic carbocycles. The number of carbonyl (C=O) groups excluding carboxylic acids is 1. The van der Waals surface area contributed by atoms with Crippen LogP contribution in [0.5, 0.6) is 0 Å². The summed E-state index contributed by atoms with van der Waals surface area (Å²) >= 11 is 0. The Morgan fingerprint density at radius 3 is 2.96 bits per heavy atom. The van der Waals surface area contributed by atoms with Crippen molar-refractivity contribution in [2.24, 2.45) is 0 Å². The minimum Gasteiger partial charge on any atom is -0.372 e. The van der Waals surface area contributed by atoms with E-state index in [2.05, 4.69) is 15.1 Å². The van der Waals surface area contributed by atoms with Crippen LogP contribution in [0, 0.1) is 0 Å². The summed E-state index contributed by atoms with van der Waals surface area (Å²) in [6.45, 7) is 4.22. The van der Waals surface area contributed by atoms with E-state index < -0.39 is 0 Å². The Hall–Kier alpha value is -2.32. The molecule has 134 valence electrons. The van der Waals surface area contributed by atoms with E-state index in [0.29, 0.717) is 31.4 Å². The van der Waals surface area contributed by atoms with E-state index in [1.54, 1.807) is 12.4 Å². The molecule has 3 heterocycles. The Bertz CT molecular complexity index is 668. The van der Waals surface area contributed by atoms with E-state index in [1.165, 1.54) is 0 Å². The predicted octanol–water partition coefficient (Wildman–Crippen LogP) is 1.68. The number of nitrogens with zero attached hydrogens (tertiary/aromatic N) is 4. The standard InChI is InChI=1S/C17H22N4O4/c1-2-23-12-16(22)21-8-5-14(6-9-21)24-11-15-19-17(20-25-15)13-4-3-7-18-10-13/h3-4,7,10,14H,2,5-6,8-9,11-12H2,1H3. The minimum atomic E-state index is 0.0401. The van der Waals surface area contributed by atoms with E-state index in [0.717, 1.165) is 18.4 Å². The molecule has 0 unspecified atom stereocenters. The molecule has 0 atom stereocenters. The summed E-state index contributed by atoms with van der Waals surface area (Å²) in [6, 6.07) is 3.69. The fourth-order valence-electron chi connectivity index (χ4n) is 2.67. The number of hydrogen-bond acceptors (Lipinski definition) is 7. The SMILES string of the molecule is CCOCC(=O)N1CCC(OCc2nc(-c3cccnc3)no2)CC1. The van der Waals surface area contributed by atoms with Crippen molar-refractivity contribution in [1.29, 1.82) is 0 Å². The monoisotopic (exact) mass is 346 g/mol. The molecule has 0 N–H and O–H groups in total. The smallest absolute Gasteiger partial charge is 0.252 e. The van der Waals surface area contributed by atoms with Gasteiger partial charge in [-0.05, 0) is 31.9 Å². The number of ether oxygens (including phenoxy) is 2. The van der Waals surface area contributed by atoms with Gasteiger partial charge < -0.3 is 18.9 Å². The van der Waals surface area contributed by atoms with Crippen LogP contribution in [0.25, 0.3) is 11.4 Å². The lowest BCUT2D eigenvalue weighted by molar-refractivity contribution is -0.138. The van der Waals surface area contributed by atoms with E-state index >= 15 is 0 Å². The van der Waals surface area contributed by atoms with Gasteiger partial charge in [0.1, 0.15) is 13.2 Å². The quantitative estimate of drug-likeness (QED) is 0.753. The van der Waals surface area contributed by atoms with Gasteiger partial charge in [0.05, 0.1) is 6.10 Å². The van der Waals surface area contributed by atoms with Crippen LogP contribution in [0.2, 0.25) is 0 Å². The highest BCUT2D eigenvalue weighted by Gasteiger charge is 2.23. The maximum absolute atomic E-state index is 11.9. The molecule has 8 heteroatoms. The van der Waals surface area contributed by atoms with E-state index in [-0.39, 0.29) is 25.2 Å². The number of amides is 1. The number of likely N-dealkylation sites (tertiary alicyclic amines) is 1. The normalized spacial score (nSPS) is 15.5. The van der Waals surface area contributed by atoms with Crippen LogP contribution in [-0.2, 0) is 20.9 Å². The zero-order valence-corrected chi connectivity index (χ0v) is 14.3. The average Bonchev–Trinajstić information content (AvgIpc) is 3.14. The third-order valence-corrected chi connectivity index (χ3v) is 4.05. The van der Waals surface area contributed by atoms with Crippen LogP contribution < -0.4 is 0 Å². The molecule has 8 nitrogen and oxygen atoms in total. The number of pyridine rings is 1. The summed E-state index contributed by atoms with van der Waals surface area (Å²) in [7, 11) is 0. The van der Waals surface area contributed by atoms with Crippen LogP contribution in [0.3, 0.4) is 0 Å². The van der Waals surface area contributed by atoms with Crippen molar-refractivity contribution in [1.82, 2.24) is 20.0 Å². The van der Waals surface area contributed by atoms with Gasteiger partial charge in [0, 0.05) is 37.7 Å². The molecular formula is C17H22N4O4. The molecule has 0 radical (unpaired) electrons. The zero-order chi connectivity index (χ0) is 17.5. The predicted molar refractivity (Wildman–Crippen MR) is 88.4 cm³/mol. The van der Waals surface area contributed by atoms with Crippen LogP contribution in [-0.4, -0.2) is 58.3 Å². The van der Waals surface area contributed by atoms with E-state index in [4.69, 9.17) is 14.0 Å². The molecule has 1 saturated heterocycles. The second-order valence-corrected chi connectivity index (χ2v) is 5.78. The molecule has 2 aromatic rings. The molecular weight excluding hydrogens is 324 g/mol. The molecule has 1 fully saturated rings. The first-order valence-corrected chi connectivity index (χ1v) is 8.46. The van der Waals surface area contributed by atoms with Gasteiger partial charge in [0.25, 0.3) is 5.89 Å². The third kappa shape index (κ3) is 4.83. The minimum absolute atomic E-state index is 0.0401. The molecule has 0 spiro atoms. The van der Waals surface area contributed by atoms with Gasteiger partial charge in [-0.15, -0.1) is 0 Å². The second kappa shape index (κ2) is 8.68. The zero-order valence-electron chi connectivity index (χ0n) is 14.3. The second-order valence-electron chi connectivity index (χ2n) is 5.78. The first-order valence-electron chi connectivity index (χ1n) is 8.46. The first kappa shape index (κ1) is 17.5. The fraction of sp³-hybridized carbons (Fsp3) is 0.529. The van der Waals surface area contributed by atoms with Crippen LogP contribution in [0.15, 0.2) is 29.0 Å². The number of piperidine rings is 1. The lowest BCUT2D eigenvalue weighted by Crippen LogP contribution is -2.42. The van der Waals surface area contributed by atoms with E-state index in [9.17, 15) is 4.79 Å². The topological polar surface area (TPSA) is 90.6 Å². The Balaban J connectivity index is 1.43. The molecule has 1 amide bonds. The van der Waals surface area contributed by atoms with Gasteiger partial charge in [0.2, 0.25) is 11.7 Å². The molecule has 2 aromatic heterocycles. The Morgan fingerprint density at radius 1 is 1.40 bits per heavy atom. The van der Waals surface area contributed by atoms with Gasteiger partial charge in [-0.3, -0.25) is 9.78 Å². The van der Waals surface area contributed by atoms with Gasteiger partial charge >= 0.3 is 0 Å². The van der Waals surface area contributed by atoms with Crippen LogP contribution in [0.1, 0.15) is 25.7 Å². The van der Waals surface area contributed by atoms with Gasteiger partial charge in [-0.2, -0.15) is 4.98 Å². The molecule has 25 heavy (non-hydrogen) atoms. The summed E-state index contributed by atoms with van der Waals surface area (Å²) in [4.78, 5) is 22.1. The van der Waals surface area contributed by atoms with Crippen molar-refractivity contribution in [2.45, 2.75) is 32.5 Å². The highest BCUT2D eigenvalue weighted by Crippen LogP contribution is 2.17. The van der Waals surface area contributed by atoms with Crippen molar-refractivity contribution in [2.75, 3.05) is 26.3 Å². The summed E-state index contributed by atoms with van der Waals surface area (Å²) in [5, 5.41) is 3.94. The summed E-state index contributed by atoms with van der Waals surface area (Å²) in [6.07, 6.45) is 5.05. The Kier molecular flexibility index (Phi) is 6.08. The Labute approximate surface area is 146 Å². The fourth-order valence-corrected chi connectivity index (χ4v) is 2.67. The highest BCUT2D eigenvalue weighted by molar-refractivity contribution is 5.77. The van der Waals surface area contributed by atoms with Crippen molar-refractivity contribution in [3.8, 4) is 11.4 Å². The van der Waals surface area contributed by atoms with Crippen molar-refractivity contribution in [3.63, 3.8) is 0 Å². The summed E-state index contributed by atoms with van der Waals surface area (Å²) < 4.78 is 16.2. The lowest BCUT2D eigenvalue weighted by atomic mass is 10.1. The lowest BCUT2D eigenvalue weighted by Gasteiger charge is -2.31. The van der Waals surface area contributed by atoms with Gasteiger partial charge in [-0.25, -0.2) is 0 Å². The number of hydrogen-bond donors (Lipinski definition) is 0. The molecule has 1 aliphatic heterocycles. The number of rotatable bonds is 7. The maximum Gasteiger partial charge on any atom is 0.252 e. The third-order valence-electron chi connectivity index (χ3n) is 4.05. The molecule has 3 rings (SSSR count). The van der Waals surface area contributed by atoms with Gasteiger partial charge in [0.15, 0.2) is 0 Å². The van der Waals surface area contributed by atoms with Crippen molar-refractivity contribution < 1.29 is 18.8 Å². The largest absolute Gasteiger partial charge is 0.372 e. The maximum atomic E-state index is 11.9. The molecule has 1 aliphatic rings. The van der Waals surface area contributed by atoms with Crippen molar-refractivity contribution >= 4 is 5.91 Å². The van der Waals surface area contributed by atoms with Crippen LogP contribution in [0.4, 0.5) is 0 Å². The van der Waals surface area contributed by atoms with Crippen molar-refractivity contribution in [3.05, 3.63) is 30.4 Å². The summed E-state index contributed by atoms with van der Waals surface area (Å²) in [5.41, 5.74) is 0.804. The van der Waals surface area contributed by atoms with Gasteiger partial charge in [-0.1, -0.05) is 5.16 Å². The number of aromatic nitrogens is 3. The molecule has 0 bridgehead atoms. The van der Waals surface area contributed by atoms with E-state index in [1.807, 2.05) is 24.0 Å². The Morgan fingerprint density at radius 2 is 2.24 bits per heavy atom. The first-order chi connectivity index (χ1) is 12.3.